The molecule has 15 aromatic rings. The van der Waals surface area contributed by atoms with Crippen LogP contribution in [0.4, 0.5) is 58.8 Å². The zero-order chi connectivity index (χ0) is 92.9. The third-order valence-corrected chi connectivity index (χ3v) is 24.5. The molecule has 3 unspecified atom stereocenters. The Kier molecular flexibility index (Phi) is 28.6. The van der Waals surface area contributed by atoms with Crippen molar-refractivity contribution in [3.05, 3.63) is 93.6 Å². The van der Waals surface area contributed by atoms with Crippen molar-refractivity contribution < 1.29 is 23.7 Å². The maximum absolute atomic E-state index is 9.49. The van der Waals surface area contributed by atoms with Gasteiger partial charge in [0.15, 0.2) is 28.2 Å². The quantitative estimate of drug-likeness (QED) is 0.0476. The topological polar surface area (TPSA) is 563 Å². The number of hydrogen-bond acceptors (Lipinski definition) is 41. The first-order chi connectivity index (χ1) is 65.4. The Morgan fingerprint density at radius 1 is 0.321 bits per heavy atom. The summed E-state index contributed by atoms with van der Waals surface area (Å²) in [5.74, 6) is 5.54. The van der Waals surface area contributed by atoms with Gasteiger partial charge in [-0.2, -0.15) is 30.2 Å². The second-order valence-corrected chi connectivity index (χ2v) is 33.3. The van der Waals surface area contributed by atoms with Crippen LogP contribution in [0.1, 0.15) is 137 Å². The van der Waals surface area contributed by atoms with Crippen molar-refractivity contribution in [1.82, 2.24) is 147 Å². The van der Waals surface area contributed by atoms with Gasteiger partial charge in [0.25, 0.3) is 0 Å². The number of ether oxygens (including phenoxy) is 5. The second-order valence-electron chi connectivity index (χ2n) is 33.3. The summed E-state index contributed by atoms with van der Waals surface area (Å²) in [6, 6.07) is 3.28. The number of nitrogens with two attached hydrogens (primary N) is 5. The molecule has 1 saturated carbocycles. The summed E-state index contributed by atoms with van der Waals surface area (Å²) in [6.45, 7) is 31.3. The number of imidazole rings is 5. The molecule has 6 aliphatic rings. The Morgan fingerprint density at radius 3 is 0.888 bits per heavy atom. The second kappa shape index (κ2) is 41.9. The number of anilines is 10. The first kappa shape index (κ1) is 91.3. The zero-order valence-corrected chi connectivity index (χ0v) is 76.5. The molecule has 20 heterocycles. The fraction of sp³-hybridized carbons (Fsp3) is 0.477. The normalized spacial score (nSPS) is 16.3. The number of aromatic nitrogens is 30. The van der Waals surface area contributed by atoms with Crippen LogP contribution >= 0.6 is 0 Å². The summed E-state index contributed by atoms with van der Waals surface area (Å²) >= 11 is 0. The molecular weight excluding hydrogens is 1710 g/mol. The van der Waals surface area contributed by atoms with Crippen molar-refractivity contribution in [3.63, 3.8) is 0 Å². The highest BCUT2D eigenvalue weighted by Crippen LogP contribution is 2.38. The maximum Gasteiger partial charge on any atom is 0.228 e. The molecule has 15 aromatic heterocycles. The van der Waals surface area contributed by atoms with Crippen LogP contribution in [-0.2, 0) is 23.7 Å². The predicted octanol–water partition coefficient (Wildman–Crippen LogP) is 8.65. The number of fused-ring (bicyclic) bond motifs is 5. The van der Waals surface area contributed by atoms with Gasteiger partial charge in [-0.05, 0) is 58.3 Å². The summed E-state index contributed by atoms with van der Waals surface area (Å²) < 4.78 is 37.6. The molecule has 0 aromatic carbocycles. The van der Waals surface area contributed by atoms with Crippen LogP contribution in [0, 0.1) is 17.2 Å². The molecule has 0 radical (unpaired) electrons. The van der Waals surface area contributed by atoms with Crippen LogP contribution in [-0.4, -0.2) is 279 Å². The van der Waals surface area contributed by atoms with Crippen LogP contribution in [0.25, 0.3) is 113 Å². The SMILES string of the molecule is CC(C)C(C)n1cnc2c(-c3cnc(N)cn3)nc(N3CCOCC3)nc21.CCC(C#N)n1cnc2c(-c3cnc(N)cn3)nc(N3CCOCC3)nc21.CCC(C)n1cnc2c(-c3cnc(N)cn3)nc(N3CCOCC3)nc21.CCC(CC)n1cnc2c(-c3cnc(N)cn3)nc(N3CCOCC3)nc21.Nc1cnc(-c2nc(N3CCOCC3)nc3c2ncn3C2CCCC2)cn1. The number of morpholine rings is 5. The minimum Gasteiger partial charge on any atom is -0.382 e. The van der Waals surface area contributed by atoms with Crippen molar-refractivity contribution >= 4 is 115 Å². The molecule has 0 bridgehead atoms. The molecule has 134 heavy (non-hydrogen) atoms. The average Bonchev–Trinajstić information content (AvgIpc) is 1.61. The first-order valence-corrected chi connectivity index (χ1v) is 45.6. The zero-order valence-electron chi connectivity index (χ0n) is 76.5. The Labute approximate surface area is 771 Å². The number of nitrogens with zero attached hydrogens (tertiary/aromatic N) is 36. The van der Waals surface area contributed by atoms with Gasteiger partial charge in [-0.15, -0.1) is 0 Å². The average molecular weight is 1820 g/mol. The maximum atomic E-state index is 9.49. The lowest BCUT2D eigenvalue weighted by Gasteiger charge is -2.27. The number of hydrogen-bond donors (Lipinski definition) is 5. The van der Waals surface area contributed by atoms with E-state index >= 15 is 0 Å². The summed E-state index contributed by atoms with van der Waals surface area (Å²) in [5.41, 5.74) is 42.3. The molecule has 5 saturated heterocycles. The highest BCUT2D eigenvalue weighted by Gasteiger charge is 2.31. The lowest BCUT2D eigenvalue weighted by atomic mass is 10.1. The minimum absolute atomic E-state index is 0.257. The van der Waals surface area contributed by atoms with Crippen molar-refractivity contribution in [1.29, 1.82) is 5.26 Å². The van der Waals surface area contributed by atoms with Crippen LogP contribution < -0.4 is 53.2 Å². The third kappa shape index (κ3) is 20.1. The Hall–Kier alpha value is -14.6. The lowest BCUT2D eigenvalue weighted by molar-refractivity contribution is 0.122. The number of nitrogen functional groups attached to an aromatic ring is 5. The molecule has 10 N–H and O–H groups in total. The van der Waals surface area contributed by atoms with Crippen molar-refractivity contribution in [2.75, 3.05) is 185 Å². The van der Waals surface area contributed by atoms with E-state index in [-0.39, 0.29) is 18.1 Å². The third-order valence-electron chi connectivity index (χ3n) is 24.5. The highest BCUT2D eigenvalue weighted by atomic mass is 16.5. The Bertz CT molecular complexity index is 6150. The molecule has 6 fully saturated rings. The molecule has 46 heteroatoms. The smallest absolute Gasteiger partial charge is 0.228 e. The van der Waals surface area contributed by atoms with E-state index in [2.05, 4.69) is 172 Å². The first-order valence-electron chi connectivity index (χ1n) is 45.6. The summed E-state index contributed by atoms with van der Waals surface area (Å²) in [6.07, 6.45) is 33.3. The summed E-state index contributed by atoms with van der Waals surface area (Å²) in [5, 5.41) is 9.49. The highest BCUT2D eigenvalue weighted by molar-refractivity contribution is 5.91. The molecule has 21 rings (SSSR count). The molecule has 0 amide bonds. The van der Waals surface area contributed by atoms with Gasteiger partial charge >= 0.3 is 0 Å². The van der Waals surface area contributed by atoms with Crippen LogP contribution in [0.5, 0.6) is 0 Å². The monoisotopic (exact) mass is 1820 g/mol. The van der Waals surface area contributed by atoms with Gasteiger partial charge in [-0.1, -0.05) is 54.4 Å². The fourth-order valence-electron chi connectivity index (χ4n) is 16.4. The van der Waals surface area contributed by atoms with E-state index in [0.29, 0.717) is 231 Å². The van der Waals surface area contributed by atoms with Crippen molar-refractivity contribution in [2.45, 2.75) is 137 Å². The predicted molar refractivity (Wildman–Crippen MR) is 506 cm³/mol. The minimum atomic E-state index is -0.354. The van der Waals surface area contributed by atoms with E-state index in [9.17, 15) is 5.26 Å². The standard InChI is InChI=1S/C18H22N8O.2C18H24N8O.C17H19N9O.C17H22N8O/c19-14-10-20-13(9-21-14)15-16-17(26(11-22-16)12-3-1-2-4-12)24-18(23-15)25-5-7-27-8-6-25;1-11(2)12(3)26-10-22-16-15(13-8-21-14(19)9-20-13)23-18(24-17(16)26)25-4-6-27-7-5-25;1-3-12(4-2)26-11-22-16-15(13-9-21-14(19)10-20-13)23-18(24-17(16)26)25-5-7-27-8-6-25;1-2-11(7-18)26-10-22-15-14(12-8-21-13(19)9-20-12)23-17(24-16(15)26)25-3-5-27-6-4-25;1-3-11(2)25-10-21-15-14(12-8-20-13(18)9-19-12)22-17(23-16(15)25)24-4-6-26-7-5-24/h9-12H,1-8H2,(H2,19,21);8-12H,4-7H2,1-3H3,(H2,19,21);9-12H,3-8H2,1-2H3,(H2,19,21);8-11H,2-6H2,1H3,(H2,19,21);8-11H,3-7H2,1-2H3,(H2,18,20). The van der Waals surface area contributed by atoms with Crippen LogP contribution in [0.15, 0.2) is 93.6 Å². The fourth-order valence-corrected chi connectivity index (χ4v) is 16.4. The van der Waals surface area contributed by atoms with E-state index in [0.717, 1.165) is 116 Å². The van der Waals surface area contributed by atoms with Gasteiger partial charge in [-0.3, -0.25) is 4.57 Å². The lowest BCUT2D eigenvalue weighted by Crippen LogP contribution is -2.37. The van der Waals surface area contributed by atoms with Crippen LogP contribution in [0.3, 0.4) is 0 Å². The van der Waals surface area contributed by atoms with Crippen LogP contribution in [0.2, 0.25) is 0 Å². The molecular formula is C88H111N41O5. The molecule has 1 aliphatic carbocycles. The van der Waals surface area contributed by atoms with Gasteiger partial charge in [0, 0.05) is 89.6 Å². The van der Waals surface area contributed by atoms with Gasteiger partial charge in [0.2, 0.25) is 29.7 Å². The molecule has 698 valence electrons. The van der Waals surface area contributed by atoms with E-state index in [1.807, 2.05) is 32.2 Å². The van der Waals surface area contributed by atoms with Crippen molar-refractivity contribution in [3.8, 4) is 63.0 Å². The molecule has 46 nitrogen and oxygen atoms in total. The largest absolute Gasteiger partial charge is 0.382 e. The molecule has 5 aliphatic heterocycles. The molecule has 3 atom stereocenters. The van der Waals surface area contributed by atoms with E-state index in [4.69, 9.17) is 102 Å². The van der Waals surface area contributed by atoms with Gasteiger partial charge in [0.05, 0.1) is 166 Å². The van der Waals surface area contributed by atoms with Gasteiger partial charge in [0.1, 0.15) is 120 Å². The number of nitriles is 1. The van der Waals surface area contributed by atoms with E-state index < -0.39 is 0 Å². The molecule has 0 spiro atoms. The number of rotatable bonds is 20. The van der Waals surface area contributed by atoms with Crippen molar-refractivity contribution in [2.24, 2.45) is 5.92 Å². The van der Waals surface area contributed by atoms with Gasteiger partial charge in [-0.25, -0.2) is 99.7 Å². The Morgan fingerprint density at radius 2 is 0.597 bits per heavy atom. The summed E-state index contributed by atoms with van der Waals surface area (Å²) in [7, 11) is 0. The Balaban J connectivity index is 0.000000117. The van der Waals surface area contributed by atoms with Gasteiger partial charge < -0.3 is 95.1 Å². The van der Waals surface area contributed by atoms with E-state index in [1.54, 1.807) is 48.1 Å². The van der Waals surface area contributed by atoms with E-state index in [1.165, 1.54) is 50.5 Å². The summed E-state index contributed by atoms with van der Waals surface area (Å²) in [4.78, 5) is 124.